The molecule has 0 spiro atoms. The van der Waals surface area contributed by atoms with Gasteiger partial charge in [-0.3, -0.25) is 19.0 Å². The Bertz CT molecular complexity index is 888. The van der Waals surface area contributed by atoms with Gasteiger partial charge in [0.2, 0.25) is 5.91 Å². The molecule has 1 amide bonds. The molecule has 1 aliphatic rings. The first-order valence-electron chi connectivity index (χ1n) is 8.58. The molecule has 8 heteroatoms. The van der Waals surface area contributed by atoms with E-state index in [1.54, 1.807) is 11.8 Å². The first-order chi connectivity index (χ1) is 12.5. The minimum absolute atomic E-state index is 0.140. The van der Waals surface area contributed by atoms with Gasteiger partial charge in [0.15, 0.2) is 0 Å². The predicted octanol–water partition coefficient (Wildman–Crippen LogP) is 1.34. The fourth-order valence-electron chi connectivity index (χ4n) is 3.11. The number of carbonyl (C=O) groups is 2. The quantitative estimate of drug-likeness (QED) is 0.768. The van der Waals surface area contributed by atoms with Gasteiger partial charge < -0.3 is 9.64 Å². The van der Waals surface area contributed by atoms with Crippen LogP contribution in [0, 0.1) is 11.7 Å². The van der Waals surface area contributed by atoms with Crippen molar-refractivity contribution in [2.75, 3.05) is 19.7 Å². The second kappa shape index (κ2) is 7.63. The number of hydrogen-bond donors (Lipinski definition) is 0. The summed E-state index contributed by atoms with van der Waals surface area (Å²) in [4.78, 5) is 42.4. The number of rotatable bonds is 4. The largest absolute Gasteiger partial charge is 0.466 e. The number of hydrogen-bond acceptors (Lipinski definition) is 5. The summed E-state index contributed by atoms with van der Waals surface area (Å²) >= 11 is 0. The predicted molar refractivity (Wildman–Crippen MR) is 91.9 cm³/mol. The van der Waals surface area contributed by atoms with Crippen LogP contribution in [0.25, 0.3) is 10.9 Å². The molecular weight excluding hydrogens is 341 g/mol. The number of piperidine rings is 1. The van der Waals surface area contributed by atoms with E-state index in [0.717, 1.165) is 6.07 Å². The van der Waals surface area contributed by atoms with E-state index in [4.69, 9.17) is 4.74 Å². The van der Waals surface area contributed by atoms with E-state index in [2.05, 4.69) is 4.98 Å². The van der Waals surface area contributed by atoms with Crippen LogP contribution in [0.1, 0.15) is 19.8 Å². The molecule has 1 aromatic heterocycles. The van der Waals surface area contributed by atoms with Gasteiger partial charge in [-0.05, 0) is 38.0 Å². The maximum Gasteiger partial charge on any atom is 0.309 e. The molecule has 0 bridgehead atoms. The molecular formula is C18H20FN3O4. The average molecular weight is 361 g/mol. The Kier molecular flexibility index (Phi) is 5.29. The number of fused-ring (bicyclic) bond motifs is 1. The van der Waals surface area contributed by atoms with Crippen LogP contribution in [0.4, 0.5) is 4.39 Å². The third-order valence-corrected chi connectivity index (χ3v) is 4.56. The summed E-state index contributed by atoms with van der Waals surface area (Å²) in [5, 5.41) is 0.140. The Labute approximate surface area is 149 Å². The molecule has 1 aromatic carbocycles. The van der Waals surface area contributed by atoms with Crippen LogP contribution in [0.2, 0.25) is 0 Å². The summed E-state index contributed by atoms with van der Waals surface area (Å²) in [5.74, 6) is -1.17. The van der Waals surface area contributed by atoms with Crippen molar-refractivity contribution in [2.24, 2.45) is 5.92 Å². The zero-order chi connectivity index (χ0) is 18.7. The minimum atomic E-state index is -0.526. The summed E-state index contributed by atoms with van der Waals surface area (Å²) in [6.45, 7) is 2.82. The van der Waals surface area contributed by atoms with Gasteiger partial charge in [0.1, 0.15) is 12.4 Å². The van der Waals surface area contributed by atoms with Crippen molar-refractivity contribution in [3.8, 4) is 0 Å². The first-order valence-corrected chi connectivity index (χ1v) is 8.58. The molecule has 0 radical (unpaired) electrons. The Morgan fingerprint density at radius 2 is 2.04 bits per heavy atom. The van der Waals surface area contributed by atoms with Gasteiger partial charge >= 0.3 is 5.97 Å². The van der Waals surface area contributed by atoms with Gasteiger partial charge in [-0.15, -0.1) is 0 Å². The number of amides is 1. The van der Waals surface area contributed by atoms with Crippen molar-refractivity contribution in [1.82, 2.24) is 14.5 Å². The fourth-order valence-corrected chi connectivity index (χ4v) is 3.11. The summed E-state index contributed by atoms with van der Waals surface area (Å²) < 4.78 is 19.6. The molecule has 1 saturated heterocycles. The Balaban J connectivity index is 1.67. The van der Waals surface area contributed by atoms with E-state index in [9.17, 15) is 18.8 Å². The lowest BCUT2D eigenvalue weighted by atomic mass is 9.97. The summed E-state index contributed by atoms with van der Waals surface area (Å²) in [7, 11) is 0. The van der Waals surface area contributed by atoms with Crippen LogP contribution >= 0.6 is 0 Å². The highest BCUT2D eigenvalue weighted by molar-refractivity contribution is 5.79. The molecule has 2 aromatic rings. The van der Waals surface area contributed by atoms with Gasteiger partial charge in [-0.2, -0.15) is 0 Å². The van der Waals surface area contributed by atoms with Crippen molar-refractivity contribution in [2.45, 2.75) is 26.3 Å². The molecule has 0 atom stereocenters. The van der Waals surface area contributed by atoms with Crippen molar-refractivity contribution in [1.29, 1.82) is 0 Å². The molecule has 0 aliphatic carbocycles. The molecule has 138 valence electrons. The maximum atomic E-state index is 13.4. The normalized spacial score (nSPS) is 15.2. The van der Waals surface area contributed by atoms with Gasteiger partial charge in [0, 0.05) is 13.1 Å². The summed E-state index contributed by atoms with van der Waals surface area (Å²) in [6, 6.07) is 3.78. The van der Waals surface area contributed by atoms with Crippen molar-refractivity contribution in [3.05, 3.63) is 40.7 Å². The van der Waals surface area contributed by atoms with Crippen molar-refractivity contribution in [3.63, 3.8) is 0 Å². The standard InChI is InChI=1S/C18H20FN3O4/c1-2-26-18(25)12-5-7-21(8-6-12)16(23)10-22-11-20-15-4-3-13(19)9-14(15)17(22)24/h3-4,9,11-12H,2,5-8,10H2,1H3. The molecule has 3 rings (SSSR count). The Hall–Kier alpha value is -2.77. The summed E-state index contributed by atoms with van der Waals surface area (Å²) in [5.41, 5.74) is -0.0698. The monoisotopic (exact) mass is 361 g/mol. The minimum Gasteiger partial charge on any atom is -0.466 e. The van der Waals surface area contributed by atoms with Crippen LogP contribution < -0.4 is 5.56 Å². The lowest BCUT2D eigenvalue weighted by Crippen LogP contribution is -2.43. The molecule has 0 unspecified atom stereocenters. The number of nitrogens with zero attached hydrogens (tertiary/aromatic N) is 3. The maximum absolute atomic E-state index is 13.4. The Morgan fingerprint density at radius 1 is 1.31 bits per heavy atom. The van der Waals surface area contributed by atoms with Crippen molar-refractivity contribution >= 4 is 22.8 Å². The fraction of sp³-hybridized carbons (Fsp3) is 0.444. The summed E-state index contributed by atoms with van der Waals surface area (Å²) in [6.07, 6.45) is 2.38. The van der Waals surface area contributed by atoms with E-state index in [0.29, 0.717) is 38.1 Å². The van der Waals surface area contributed by atoms with Crippen LogP contribution in [-0.4, -0.2) is 46.0 Å². The SMILES string of the molecule is CCOC(=O)C1CCN(C(=O)Cn2cnc3ccc(F)cc3c2=O)CC1. The molecule has 1 fully saturated rings. The van der Waals surface area contributed by atoms with Crippen molar-refractivity contribution < 1.29 is 18.7 Å². The second-order valence-electron chi connectivity index (χ2n) is 6.25. The third-order valence-electron chi connectivity index (χ3n) is 4.56. The van der Waals surface area contributed by atoms with Crippen LogP contribution in [0.15, 0.2) is 29.3 Å². The first kappa shape index (κ1) is 18.0. The number of esters is 1. The van der Waals surface area contributed by atoms with Crippen LogP contribution in [-0.2, 0) is 20.9 Å². The molecule has 0 saturated carbocycles. The average Bonchev–Trinajstić information content (AvgIpc) is 2.64. The van der Waals surface area contributed by atoms with Gasteiger partial charge in [-0.25, -0.2) is 9.37 Å². The van der Waals surface area contributed by atoms with Gasteiger partial charge in [0.25, 0.3) is 5.56 Å². The highest BCUT2D eigenvalue weighted by atomic mass is 19.1. The van der Waals surface area contributed by atoms with E-state index in [-0.39, 0.29) is 29.7 Å². The highest BCUT2D eigenvalue weighted by Crippen LogP contribution is 2.19. The van der Waals surface area contributed by atoms with E-state index in [1.165, 1.54) is 23.0 Å². The van der Waals surface area contributed by atoms with Crippen LogP contribution in [0.3, 0.4) is 0 Å². The molecule has 7 nitrogen and oxygen atoms in total. The van der Waals surface area contributed by atoms with Gasteiger partial charge in [0.05, 0.1) is 29.8 Å². The zero-order valence-electron chi connectivity index (χ0n) is 14.5. The lowest BCUT2D eigenvalue weighted by Gasteiger charge is -2.31. The van der Waals surface area contributed by atoms with E-state index >= 15 is 0 Å². The number of halogens is 1. The molecule has 26 heavy (non-hydrogen) atoms. The van der Waals surface area contributed by atoms with Gasteiger partial charge in [-0.1, -0.05) is 0 Å². The third kappa shape index (κ3) is 3.74. The highest BCUT2D eigenvalue weighted by Gasteiger charge is 2.28. The smallest absolute Gasteiger partial charge is 0.309 e. The molecule has 2 heterocycles. The number of carbonyl (C=O) groups excluding carboxylic acids is 2. The molecule has 1 aliphatic heterocycles. The van der Waals surface area contributed by atoms with E-state index in [1.807, 2.05) is 0 Å². The van der Waals surface area contributed by atoms with E-state index < -0.39 is 11.4 Å². The number of benzene rings is 1. The Morgan fingerprint density at radius 3 is 2.73 bits per heavy atom. The number of aromatic nitrogens is 2. The number of likely N-dealkylation sites (tertiary alicyclic amines) is 1. The zero-order valence-corrected chi connectivity index (χ0v) is 14.5. The topological polar surface area (TPSA) is 81.5 Å². The second-order valence-corrected chi connectivity index (χ2v) is 6.25. The number of ether oxygens (including phenoxy) is 1. The molecule has 0 N–H and O–H groups in total. The lowest BCUT2D eigenvalue weighted by molar-refractivity contribution is -0.151. The van der Waals surface area contributed by atoms with Crippen LogP contribution in [0.5, 0.6) is 0 Å².